The number of hydrogen-bond donors (Lipinski definition) is 2. The summed E-state index contributed by atoms with van der Waals surface area (Å²) in [6.07, 6.45) is -7.03. The maximum absolute atomic E-state index is 13.7. The molecule has 4 aromatic rings. The molecule has 0 radical (unpaired) electrons. The number of carbonyl (C=O) groups is 1. The molecule has 44 heavy (non-hydrogen) atoms. The van der Waals surface area contributed by atoms with Crippen molar-refractivity contribution >= 4 is 32.5 Å². The van der Waals surface area contributed by atoms with E-state index in [2.05, 4.69) is 9.71 Å². The van der Waals surface area contributed by atoms with Gasteiger partial charge in [-0.25, -0.2) is 8.42 Å². The molecule has 1 atom stereocenters. The number of piperazine rings is 1. The van der Waals surface area contributed by atoms with E-state index in [1.54, 1.807) is 30.5 Å². The second-order valence-electron chi connectivity index (χ2n) is 10.8. The van der Waals surface area contributed by atoms with Gasteiger partial charge in [-0.15, -0.1) is 0 Å². The molecule has 3 aromatic carbocycles. The number of H-pyrrole nitrogens is 1. The lowest BCUT2D eigenvalue weighted by atomic mass is 9.98. The number of fused-ring (bicyclic) bond motifs is 1. The van der Waals surface area contributed by atoms with Crippen molar-refractivity contribution in [1.29, 1.82) is 0 Å². The molecule has 14 heteroatoms. The van der Waals surface area contributed by atoms with Crippen molar-refractivity contribution in [2.24, 2.45) is 0 Å². The number of hydrogen-bond acceptors (Lipinski definition) is 4. The molecule has 1 fully saturated rings. The second kappa shape index (κ2) is 11.8. The van der Waals surface area contributed by atoms with Crippen LogP contribution in [0.4, 0.5) is 32.0 Å². The Hall–Kier alpha value is -4.04. The molecular weight excluding hydrogens is 610 g/mol. The molecule has 7 nitrogen and oxygen atoms in total. The van der Waals surface area contributed by atoms with E-state index in [0.29, 0.717) is 43.9 Å². The minimum absolute atomic E-state index is 0.00879. The Morgan fingerprint density at radius 2 is 1.57 bits per heavy atom. The first kappa shape index (κ1) is 31.4. The van der Waals surface area contributed by atoms with Gasteiger partial charge >= 0.3 is 12.4 Å². The summed E-state index contributed by atoms with van der Waals surface area (Å²) in [5, 5.41) is 0.893. The fourth-order valence-electron chi connectivity index (χ4n) is 5.45. The van der Waals surface area contributed by atoms with Crippen molar-refractivity contribution in [3.8, 4) is 0 Å². The maximum atomic E-state index is 13.7. The average Bonchev–Trinajstić information content (AvgIpc) is 3.35. The summed E-state index contributed by atoms with van der Waals surface area (Å²) >= 11 is 0. The standard InChI is InChI=1S/C30H28F6N4O3S/c1-44(42,43)38-24-8-6-19(7-9-24)17-39-10-11-40(25(18-39)14-21-16-37-27-5-3-2-4-26(21)27)28(41)20-12-22(29(31,32)33)15-23(13-20)30(34,35)36/h2-9,12-13,15-16,25,37-38H,10-11,14,17-18H2,1H3. The van der Waals surface area contributed by atoms with Gasteiger partial charge in [-0.3, -0.25) is 14.4 Å². The SMILES string of the molecule is CS(=O)(=O)Nc1ccc(CN2CCN(C(=O)c3cc(C(F)(F)F)cc(C(F)(F)F)c3)C(Cc3c[nH]c4ccccc34)C2)cc1. The Labute approximate surface area is 249 Å². The summed E-state index contributed by atoms with van der Waals surface area (Å²) in [6.45, 7) is 1.09. The van der Waals surface area contributed by atoms with Crippen LogP contribution in [-0.2, 0) is 35.3 Å². The van der Waals surface area contributed by atoms with Gasteiger partial charge in [0.25, 0.3) is 5.91 Å². The van der Waals surface area contributed by atoms with Gasteiger partial charge in [-0.05, 0) is 53.9 Å². The van der Waals surface area contributed by atoms with Gasteiger partial charge in [0.2, 0.25) is 10.0 Å². The van der Waals surface area contributed by atoms with E-state index in [1.807, 2.05) is 29.2 Å². The quantitative estimate of drug-likeness (QED) is 0.238. The molecule has 1 aliphatic rings. The number of aromatic amines is 1. The molecule has 0 spiro atoms. The highest BCUT2D eigenvalue weighted by molar-refractivity contribution is 7.92. The highest BCUT2D eigenvalue weighted by Gasteiger charge is 2.39. The average molecular weight is 639 g/mol. The summed E-state index contributed by atoms with van der Waals surface area (Å²) in [4.78, 5) is 20.2. The van der Waals surface area contributed by atoms with Crippen molar-refractivity contribution in [3.05, 3.63) is 101 Å². The first-order valence-corrected chi connectivity index (χ1v) is 15.4. The van der Waals surface area contributed by atoms with Crippen LogP contribution in [0.15, 0.2) is 72.9 Å². The number of aromatic nitrogens is 1. The van der Waals surface area contributed by atoms with Crippen molar-refractivity contribution in [2.75, 3.05) is 30.6 Å². The Balaban J connectivity index is 1.44. The summed E-state index contributed by atoms with van der Waals surface area (Å²) in [6, 6.07) is 14.6. The fraction of sp³-hybridized carbons (Fsp3) is 0.300. The number of para-hydroxylation sites is 1. The molecule has 234 valence electrons. The van der Waals surface area contributed by atoms with Crippen LogP contribution in [-0.4, -0.2) is 61.0 Å². The lowest BCUT2D eigenvalue weighted by molar-refractivity contribution is -0.143. The highest BCUT2D eigenvalue weighted by Crippen LogP contribution is 2.37. The second-order valence-corrected chi connectivity index (χ2v) is 12.6. The number of sulfonamides is 1. The van der Waals surface area contributed by atoms with Crippen molar-refractivity contribution < 1.29 is 39.6 Å². The maximum Gasteiger partial charge on any atom is 0.416 e. The minimum atomic E-state index is -5.08. The molecule has 5 rings (SSSR count). The van der Waals surface area contributed by atoms with Crippen LogP contribution in [0.5, 0.6) is 0 Å². The number of halogens is 6. The lowest BCUT2D eigenvalue weighted by Crippen LogP contribution is -2.55. The van der Waals surface area contributed by atoms with E-state index in [1.165, 1.54) is 4.90 Å². The van der Waals surface area contributed by atoms with E-state index >= 15 is 0 Å². The largest absolute Gasteiger partial charge is 0.416 e. The van der Waals surface area contributed by atoms with Crippen LogP contribution < -0.4 is 4.72 Å². The molecule has 2 heterocycles. The molecule has 1 amide bonds. The molecule has 1 saturated heterocycles. The Morgan fingerprint density at radius 1 is 0.932 bits per heavy atom. The number of alkyl halides is 6. The van der Waals surface area contributed by atoms with Gasteiger partial charge in [-0.2, -0.15) is 26.3 Å². The first-order valence-electron chi connectivity index (χ1n) is 13.5. The predicted octanol–water partition coefficient (Wildman–Crippen LogP) is 6.15. The molecule has 1 aliphatic heterocycles. The molecule has 0 aliphatic carbocycles. The molecule has 0 bridgehead atoms. The Morgan fingerprint density at radius 3 is 2.18 bits per heavy atom. The Bertz CT molecular complexity index is 1740. The van der Waals surface area contributed by atoms with Crippen LogP contribution >= 0.6 is 0 Å². The molecule has 1 aromatic heterocycles. The number of benzene rings is 3. The number of nitrogens with one attached hydrogen (secondary N) is 2. The van der Waals surface area contributed by atoms with Crippen molar-refractivity contribution in [2.45, 2.75) is 31.4 Å². The van der Waals surface area contributed by atoms with E-state index in [0.717, 1.165) is 28.3 Å². The van der Waals surface area contributed by atoms with E-state index < -0.39 is 51.0 Å². The normalized spacial score (nSPS) is 16.8. The number of anilines is 1. The Kier molecular flexibility index (Phi) is 8.42. The summed E-state index contributed by atoms with van der Waals surface area (Å²) in [7, 11) is -3.45. The van der Waals surface area contributed by atoms with Gasteiger partial charge in [0.15, 0.2) is 0 Å². The third-order valence-electron chi connectivity index (χ3n) is 7.46. The lowest BCUT2D eigenvalue weighted by Gasteiger charge is -2.42. The van der Waals surface area contributed by atoms with E-state index in [-0.39, 0.29) is 12.6 Å². The van der Waals surface area contributed by atoms with Crippen LogP contribution in [0.3, 0.4) is 0 Å². The topological polar surface area (TPSA) is 85.5 Å². The number of nitrogens with zero attached hydrogens (tertiary/aromatic N) is 2. The number of amides is 1. The van der Waals surface area contributed by atoms with Gasteiger partial charge in [0, 0.05) is 60.6 Å². The van der Waals surface area contributed by atoms with Crippen molar-refractivity contribution in [3.63, 3.8) is 0 Å². The zero-order valence-electron chi connectivity index (χ0n) is 23.3. The summed E-state index contributed by atoms with van der Waals surface area (Å²) in [5.74, 6) is -0.915. The van der Waals surface area contributed by atoms with Gasteiger partial charge in [0.05, 0.1) is 17.4 Å². The monoisotopic (exact) mass is 638 g/mol. The van der Waals surface area contributed by atoms with Crippen LogP contribution in [0.25, 0.3) is 10.9 Å². The van der Waals surface area contributed by atoms with Crippen LogP contribution in [0.2, 0.25) is 0 Å². The van der Waals surface area contributed by atoms with Gasteiger partial charge < -0.3 is 9.88 Å². The predicted molar refractivity (Wildman–Crippen MR) is 153 cm³/mol. The van der Waals surface area contributed by atoms with Crippen molar-refractivity contribution in [1.82, 2.24) is 14.8 Å². The van der Waals surface area contributed by atoms with Gasteiger partial charge in [0.1, 0.15) is 0 Å². The summed E-state index contributed by atoms with van der Waals surface area (Å²) < 4.78 is 107. The third kappa shape index (κ3) is 7.36. The third-order valence-corrected chi connectivity index (χ3v) is 8.06. The first-order chi connectivity index (χ1) is 20.6. The molecular formula is C30H28F6N4O3S. The minimum Gasteiger partial charge on any atom is -0.361 e. The van der Waals surface area contributed by atoms with Crippen LogP contribution in [0, 0.1) is 0 Å². The van der Waals surface area contributed by atoms with E-state index in [9.17, 15) is 39.6 Å². The highest BCUT2D eigenvalue weighted by atomic mass is 32.2. The molecule has 0 saturated carbocycles. The summed E-state index contributed by atoms with van der Waals surface area (Å²) in [5.41, 5.74) is -0.832. The number of rotatable bonds is 7. The van der Waals surface area contributed by atoms with Gasteiger partial charge in [-0.1, -0.05) is 30.3 Å². The molecule has 2 N–H and O–H groups in total. The molecule has 1 unspecified atom stereocenters. The fourth-order valence-corrected chi connectivity index (χ4v) is 6.02. The van der Waals surface area contributed by atoms with E-state index in [4.69, 9.17) is 0 Å². The zero-order valence-corrected chi connectivity index (χ0v) is 24.2. The zero-order chi connectivity index (χ0) is 31.9. The number of carbonyl (C=O) groups excluding carboxylic acids is 1. The smallest absolute Gasteiger partial charge is 0.361 e. The van der Waals surface area contributed by atoms with Crippen LogP contribution in [0.1, 0.15) is 32.6 Å².